The van der Waals surface area contributed by atoms with Crippen LogP contribution in [0, 0.1) is 0 Å². The predicted molar refractivity (Wildman–Crippen MR) is 60.1 cm³/mol. The van der Waals surface area contributed by atoms with Crippen LogP contribution in [0.1, 0.15) is 6.92 Å². The third-order valence-electron chi connectivity index (χ3n) is 1.72. The van der Waals surface area contributed by atoms with E-state index in [0.717, 1.165) is 0 Å². The molecule has 0 aliphatic rings. The van der Waals surface area contributed by atoms with E-state index in [9.17, 15) is 9.59 Å². The average Bonchev–Trinajstić information content (AvgIpc) is 2.20. The minimum Gasteiger partial charge on any atom is -0.411 e. The van der Waals surface area contributed by atoms with Gasteiger partial charge in [0.2, 0.25) is 0 Å². The molecule has 0 heterocycles. The quantitative estimate of drug-likeness (QED) is 0.760. The van der Waals surface area contributed by atoms with Crippen molar-refractivity contribution in [1.29, 1.82) is 0 Å². The molecule has 0 radical (unpaired) electrons. The van der Waals surface area contributed by atoms with E-state index in [-0.39, 0.29) is 5.91 Å². The van der Waals surface area contributed by atoms with Gasteiger partial charge in [0, 0.05) is 11.3 Å². The van der Waals surface area contributed by atoms with Crippen molar-refractivity contribution in [2.24, 2.45) is 5.73 Å². The van der Waals surface area contributed by atoms with E-state index < -0.39 is 6.09 Å². The van der Waals surface area contributed by atoms with Gasteiger partial charge in [0.15, 0.2) is 0 Å². The molecule has 3 N–H and O–H groups in total. The fourth-order valence-corrected chi connectivity index (χ4v) is 0.960. The normalized spacial score (nSPS) is 9.31. The van der Waals surface area contributed by atoms with Gasteiger partial charge < -0.3 is 15.8 Å². The molecule has 0 atom stereocenters. The highest BCUT2D eigenvalue weighted by molar-refractivity contribution is 6.02. The summed E-state index contributed by atoms with van der Waals surface area (Å²) in [5, 5.41) is 2.61. The third kappa shape index (κ3) is 3.45. The molecule has 1 rings (SSSR count). The number of nitrogens with two attached hydrogens (primary N) is 1. The van der Waals surface area contributed by atoms with E-state index in [1.54, 1.807) is 19.1 Å². The van der Waals surface area contributed by atoms with E-state index >= 15 is 0 Å². The highest BCUT2D eigenvalue weighted by atomic mass is 16.5. The Morgan fingerprint density at radius 3 is 2.31 bits per heavy atom. The summed E-state index contributed by atoms with van der Waals surface area (Å²) in [6.07, 6.45) is -0.876. The summed E-state index contributed by atoms with van der Waals surface area (Å²) in [7, 11) is 0. The Morgan fingerprint density at radius 2 is 1.88 bits per heavy atom. The average molecular weight is 220 g/mol. The molecular weight excluding hydrogens is 208 g/mol. The highest BCUT2D eigenvalue weighted by Gasteiger charge is 2.03. The molecule has 0 aliphatic carbocycles. The number of anilines is 1. The summed E-state index contributed by atoms with van der Waals surface area (Å²) >= 11 is 0. The molecule has 0 aromatic heterocycles. The second-order valence-corrected chi connectivity index (χ2v) is 3.18. The van der Waals surface area contributed by atoms with E-state index in [2.05, 4.69) is 16.6 Å². The van der Waals surface area contributed by atoms with E-state index in [0.29, 0.717) is 17.0 Å². The monoisotopic (exact) mass is 220 g/mol. The maximum atomic E-state index is 11.3. The van der Waals surface area contributed by atoms with E-state index in [1.165, 1.54) is 12.1 Å². The van der Waals surface area contributed by atoms with Crippen molar-refractivity contribution in [1.82, 2.24) is 0 Å². The first-order chi connectivity index (χ1) is 7.49. The molecule has 5 heteroatoms. The SMILES string of the molecule is C=C(C)C(=O)Nc1ccc(OC(N)=O)cc1. The summed E-state index contributed by atoms with van der Waals surface area (Å²) in [5.41, 5.74) is 5.84. The summed E-state index contributed by atoms with van der Waals surface area (Å²) in [6.45, 7) is 5.12. The Hall–Kier alpha value is -2.30. The minimum atomic E-state index is -0.876. The third-order valence-corrected chi connectivity index (χ3v) is 1.72. The molecular formula is C11H12N2O3. The summed E-state index contributed by atoms with van der Waals surface area (Å²) in [6, 6.07) is 6.25. The maximum Gasteiger partial charge on any atom is 0.409 e. The predicted octanol–water partition coefficient (Wildman–Crippen LogP) is 1.66. The molecule has 0 saturated heterocycles. The summed E-state index contributed by atoms with van der Waals surface area (Å²) in [5.74, 6) is 0.0596. The second-order valence-electron chi connectivity index (χ2n) is 3.18. The molecule has 84 valence electrons. The number of primary amides is 1. The van der Waals surface area contributed by atoms with Crippen LogP contribution in [-0.2, 0) is 4.79 Å². The summed E-state index contributed by atoms with van der Waals surface area (Å²) < 4.78 is 4.63. The number of nitrogens with one attached hydrogen (secondary N) is 1. The molecule has 1 aromatic carbocycles. The number of carbonyl (C=O) groups is 2. The molecule has 0 bridgehead atoms. The van der Waals surface area contributed by atoms with Gasteiger partial charge >= 0.3 is 6.09 Å². The lowest BCUT2D eigenvalue weighted by Gasteiger charge is -2.05. The zero-order chi connectivity index (χ0) is 12.1. The smallest absolute Gasteiger partial charge is 0.409 e. The molecule has 5 nitrogen and oxygen atoms in total. The van der Waals surface area contributed by atoms with Crippen molar-refractivity contribution in [3.8, 4) is 5.75 Å². The van der Waals surface area contributed by atoms with Gasteiger partial charge in [0.05, 0.1) is 0 Å². The van der Waals surface area contributed by atoms with Crippen LogP contribution in [0.2, 0.25) is 0 Å². The molecule has 1 aromatic rings. The minimum absolute atomic E-state index is 0.261. The number of amides is 2. The Bertz CT molecular complexity index is 423. The van der Waals surface area contributed by atoms with Gasteiger partial charge in [0.1, 0.15) is 5.75 Å². The fourth-order valence-electron chi connectivity index (χ4n) is 0.960. The number of rotatable bonds is 3. The van der Waals surface area contributed by atoms with Crippen LogP contribution < -0.4 is 15.8 Å². The van der Waals surface area contributed by atoms with Crippen molar-refractivity contribution >= 4 is 17.7 Å². The fraction of sp³-hybridized carbons (Fsp3) is 0.0909. The number of carbonyl (C=O) groups excluding carboxylic acids is 2. The van der Waals surface area contributed by atoms with Crippen LogP contribution in [-0.4, -0.2) is 12.0 Å². The van der Waals surface area contributed by atoms with Crippen molar-refractivity contribution in [2.45, 2.75) is 6.92 Å². The molecule has 0 spiro atoms. The van der Waals surface area contributed by atoms with E-state index in [4.69, 9.17) is 5.73 Å². The molecule has 0 unspecified atom stereocenters. The van der Waals surface area contributed by atoms with Crippen molar-refractivity contribution < 1.29 is 14.3 Å². The molecule has 0 saturated carbocycles. The Labute approximate surface area is 92.9 Å². The van der Waals surface area contributed by atoms with Crippen molar-refractivity contribution in [3.05, 3.63) is 36.4 Å². The zero-order valence-corrected chi connectivity index (χ0v) is 8.82. The van der Waals surface area contributed by atoms with Gasteiger partial charge in [-0.05, 0) is 31.2 Å². The van der Waals surface area contributed by atoms with Gasteiger partial charge in [-0.15, -0.1) is 0 Å². The number of benzene rings is 1. The molecule has 2 amide bonds. The largest absolute Gasteiger partial charge is 0.411 e. The first-order valence-electron chi connectivity index (χ1n) is 4.53. The van der Waals surface area contributed by atoms with Gasteiger partial charge in [-0.25, -0.2) is 4.79 Å². The van der Waals surface area contributed by atoms with Crippen LogP contribution in [0.3, 0.4) is 0 Å². The number of hydrogen-bond acceptors (Lipinski definition) is 3. The van der Waals surface area contributed by atoms with Gasteiger partial charge in [-0.2, -0.15) is 0 Å². The molecule has 0 aliphatic heterocycles. The van der Waals surface area contributed by atoms with Crippen molar-refractivity contribution in [3.63, 3.8) is 0 Å². The first kappa shape index (κ1) is 11.8. The lowest BCUT2D eigenvalue weighted by atomic mass is 10.2. The Kier molecular flexibility index (Phi) is 3.66. The van der Waals surface area contributed by atoms with Gasteiger partial charge in [-0.3, -0.25) is 4.79 Å². The van der Waals surface area contributed by atoms with Crippen LogP contribution in [0.5, 0.6) is 5.75 Å². The van der Waals surface area contributed by atoms with E-state index in [1.807, 2.05) is 0 Å². The topological polar surface area (TPSA) is 81.4 Å². The van der Waals surface area contributed by atoms with Gasteiger partial charge in [0.25, 0.3) is 5.91 Å². The van der Waals surface area contributed by atoms with Crippen LogP contribution in [0.25, 0.3) is 0 Å². The van der Waals surface area contributed by atoms with Gasteiger partial charge in [-0.1, -0.05) is 6.58 Å². The number of hydrogen-bond donors (Lipinski definition) is 2. The Balaban J connectivity index is 2.68. The lowest BCUT2D eigenvalue weighted by molar-refractivity contribution is -0.112. The van der Waals surface area contributed by atoms with Crippen LogP contribution in [0.15, 0.2) is 36.4 Å². The van der Waals surface area contributed by atoms with Crippen molar-refractivity contribution in [2.75, 3.05) is 5.32 Å². The Morgan fingerprint density at radius 1 is 1.31 bits per heavy atom. The number of ether oxygens (including phenoxy) is 1. The summed E-state index contributed by atoms with van der Waals surface area (Å²) in [4.78, 5) is 21.7. The van der Waals surface area contributed by atoms with Crippen LogP contribution >= 0.6 is 0 Å². The second kappa shape index (κ2) is 4.97. The maximum absolute atomic E-state index is 11.3. The molecule has 0 fully saturated rings. The zero-order valence-electron chi connectivity index (χ0n) is 8.82. The lowest BCUT2D eigenvalue weighted by Crippen LogP contribution is -2.16. The first-order valence-corrected chi connectivity index (χ1v) is 4.53. The van der Waals surface area contributed by atoms with Crippen LogP contribution in [0.4, 0.5) is 10.5 Å². The standard InChI is InChI=1S/C11H12N2O3/c1-7(2)10(14)13-8-3-5-9(6-4-8)16-11(12)15/h3-6H,1H2,2H3,(H2,12,15)(H,13,14). The molecule has 16 heavy (non-hydrogen) atoms. The highest BCUT2D eigenvalue weighted by Crippen LogP contribution is 2.15.